The molecule has 6 heteroatoms. The molecule has 1 saturated heterocycles. The van der Waals surface area contributed by atoms with Gasteiger partial charge in [0, 0.05) is 50.9 Å². The summed E-state index contributed by atoms with van der Waals surface area (Å²) in [6, 6.07) is 39.2. The standard InChI is InChI=1S/C30H32N4S2/c1-31(2)25-15-19-27(20-16-25)33-29(23-11-7-5-8-12-23)30(24-13-9-6-10-14-24)34(36(33)35)28-21-17-26(18-22-28)32(3)4/h5-22,29-30H,1-4H3/t29-,30-/m0/s1. The summed E-state index contributed by atoms with van der Waals surface area (Å²) >= 11 is 6.39. The first-order valence-corrected chi connectivity index (χ1v) is 14.2. The molecule has 1 heterocycles. The van der Waals surface area contributed by atoms with Gasteiger partial charge in [-0.05, 0) is 70.8 Å². The number of benzene rings is 4. The van der Waals surface area contributed by atoms with E-state index >= 15 is 0 Å². The molecule has 0 aromatic heterocycles. The van der Waals surface area contributed by atoms with E-state index in [1.807, 2.05) is 0 Å². The Bertz CT molecular complexity index is 1200. The Labute approximate surface area is 222 Å². The van der Waals surface area contributed by atoms with Crippen LogP contribution in [-0.2, 0) is 21.0 Å². The lowest BCUT2D eigenvalue weighted by Crippen LogP contribution is -2.26. The summed E-state index contributed by atoms with van der Waals surface area (Å²) in [5.74, 6) is 0. The lowest BCUT2D eigenvalue weighted by atomic mass is 9.92. The molecule has 0 N–H and O–H groups in total. The predicted molar refractivity (Wildman–Crippen MR) is 160 cm³/mol. The van der Waals surface area contributed by atoms with Gasteiger partial charge in [-0.25, -0.2) is 0 Å². The fourth-order valence-electron chi connectivity index (χ4n) is 4.78. The second-order valence-electron chi connectivity index (χ2n) is 9.42. The van der Waals surface area contributed by atoms with Crippen molar-refractivity contribution in [1.29, 1.82) is 0 Å². The Morgan fingerprint density at radius 3 is 1.17 bits per heavy atom. The smallest absolute Gasteiger partial charge is 0.0930 e. The predicted octanol–water partition coefficient (Wildman–Crippen LogP) is 6.54. The van der Waals surface area contributed by atoms with Crippen LogP contribution in [0.5, 0.6) is 0 Å². The molecule has 0 amide bonds. The molecule has 2 atom stereocenters. The Balaban J connectivity index is 1.69. The fraction of sp³-hybridized carbons (Fsp3) is 0.200. The highest BCUT2D eigenvalue weighted by Crippen LogP contribution is 2.50. The largest absolute Gasteiger partial charge is 0.378 e. The first kappa shape index (κ1) is 24.3. The molecule has 184 valence electrons. The number of hydrogen-bond donors (Lipinski definition) is 0. The maximum atomic E-state index is 6.39. The van der Waals surface area contributed by atoms with Crippen LogP contribution in [0.1, 0.15) is 23.2 Å². The normalized spacial score (nSPS) is 17.9. The minimum Gasteiger partial charge on any atom is -0.378 e. The van der Waals surface area contributed by atoms with Crippen LogP contribution in [0.25, 0.3) is 0 Å². The lowest BCUT2D eigenvalue weighted by molar-refractivity contribution is 0.618. The maximum absolute atomic E-state index is 6.39. The van der Waals surface area contributed by atoms with E-state index in [1.165, 1.54) is 22.5 Å². The first-order valence-electron chi connectivity index (χ1n) is 12.1. The molecule has 4 nitrogen and oxygen atoms in total. The van der Waals surface area contributed by atoms with Crippen LogP contribution in [0.3, 0.4) is 0 Å². The molecule has 0 spiro atoms. The van der Waals surface area contributed by atoms with Gasteiger partial charge in [0.1, 0.15) is 0 Å². The van der Waals surface area contributed by atoms with E-state index in [4.69, 9.17) is 11.2 Å². The van der Waals surface area contributed by atoms with Crippen molar-refractivity contribution in [2.24, 2.45) is 0 Å². The van der Waals surface area contributed by atoms with Gasteiger partial charge in [-0.3, -0.25) is 8.61 Å². The van der Waals surface area contributed by atoms with Crippen LogP contribution in [0.15, 0.2) is 109 Å². The molecule has 0 saturated carbocycles. The zero-order chi connectivity index (χ0) is 25.2. The molecule has 1 aliphatic rings. The Hall–Kier alpha value is -3.35. The van der Waals surface area contributed by atoms with E-state index in [0.717, 1.165) is 11.4 Å². The Kier molecular flexibility index (Phi) is 6.99. The molecule has 0 bridgehead atoms. The highest BCUT2D eigenvalue weighted by Gasteiger charge is 2.46. The van der Waals surface area contributed by atoms with Gasteiger partial charge in [0.05, 0.1) is 21.9 Å². The monoisotopic (exact) mass is 512 g/mol. The van der Waals surface area contributed by atoms with E-state index in [0.29, 0.717) is 0 Å². The highest BCUT2D eigenvalue weighted by atomic mass is 32.8. The summed E-state index contributed by atoms with van der Waals surface area (Å²) in [6.07, 6.45) is 0. The van der Waals surface area contributed by atoms with Crippen LogP contribution in [0.4, 0.5) is 22.7 Å². The SMILES string of the molecule is CN(C)c1ccc(N2[C@@H](c3ccccc3)[C@H](c3ccccc3)N(c3ccc(N(C)C)cc3)S2=S)cc1. The van der Waals surface area contributed by atoms with E-state index in [2.05, 4.69) is 156 Å². The third kappa shape index (κ3) is 4.59. The van der Waals surface area contributed by atoms with Crippen molar-refractivity contribution in [2.45, 2.75) is 12.1 Å². The summed E-state index contributed by atoms with van der Waals surface area (Å²) in [6.45, 7) is 0. The molecule has 1 aliphatic heterocycles. The van der Waals surface area contributed by atoms with Crippen molar-refractivity contribution in [3.8, 4) is 0 Å². The summed E-state index contributed by atoms with van der Waals surface area (Å²) in [5, 5.41) is 0. The molecule has 4 aromatic rings. The van der Waals surface area contributed by atoms with E-state index < -0.39 is 9.83 Å². The number of nitrogens with zero attached hydrogens (tertiary/aromatic N) is 4. The molecule has 5 rings (SSSR count). The van der Waals surface area contributed by atoms with Crippen LogP contribution >= 0.6 is 0 Å². The lowest BCUT2D eigenvalue weighted by Gasteiger charge is -2.29. The topological polar surface area (TPSA) is 13.0 Å². The highest BCUT2D eigenvalue weighted by molar-refractivity contribution is 8.30. The second kappa shape index (κ2) is 10.3. The third-order valence-corrected chi connectivity index (χ3v) is 9.18. The first-order chi connectivity index (χ1) is 17.5. The van der Waals surface area contributed by atoms with Crippen molar-refractivity contribution >= 4 is 43.8 Å². The van der Waals surface area contributed by atoms with Crippen LogP contribution in [0.2, 0.25) is 0 Å². The van der Waals surface area contributed by atoms with Gasteiger partial charge >= 0.3 is 0 Å². The van der Waals surface area contributed by atoms with Gasteiger partial charge < -0.3 is 9.80 Å². The van der Waals surface area contributed by atoms with Crippen molar-refractivity contribution in [3.63, 3.8) is 0 Å². The Morgan fingerprint density at radius 1 is 0.528 bits per heavy atom. The second-order valence-corrected chi connectivity index (χ2v) is 11.6. The summed E-state index contributed by atoms with van der Waals surface area (Å²) < 4.78 is 4.86. The minimum atomic E-state index is -0.623. The fourth-order valence-corrected chi connectivity index (χ4v) is 7.51. The summed E-state index contributed by atoms with van der Waals surface area (Å²) in [7, 11) is 7.65. The van der Waals surface area contributed by atoms with Crippen molar-refractivity contribution in [2.75, 3.05) is 46.6 Å². The average molecular weight is 513 g/mol. The van der Waals surface area contributed by atoms with Crippen LogP contribution in [0, 0.1) is 0 Å². The summed E-state index contributed by atoms with van der Waals surface area (Å²) in [5.41, 5.74) is 7.15. The number of hydrogen-bond acceptors (Lipinski definition) is 3. The van der Waals surface area contributed by atoms with E-state index in [-0.39, 0.29) is 12.1 Å². The van der Waals surface area contributed by atoms with Crippen LogP contribution < -0.4 is 18.4 Å². The van der Waals surface area contributed by atoms with Gasteiger partial charge in [-0.1, -0.05) is 60.7 Å². The molecule has 1 fully saturated rings. The maximum Gasteiger partial charge on any atom is 0.0930 e. The molecule has 0 aliphatic carbocycles. The molecule has 0 unspecified atom stereocenters. The minimum absolute atomic E-state index is 0.0631. The van der Waals surface area contributed by atoms with Gasteiger partial charge in [0.15, 0.2) is 0 Å². The number of anilines is 4. The van der Waals surface area contributed by atoms with E-state index in [9.17, 15) is 0 Å². The van der Waals surface area contributed by atoms with Crippen molar-refractivity contribution in [1.82, 2.24) is 0 Å². The molecule has 0 radical (unpaired) electrons. The van der Waals surface area contributed by atoms with Gasteiger partial charge in [-0.2, -0.15) is 0 Å². The zero-order valence-electron chi connectivity index (χ0n) is 21.2. The zero-order valence-corrected chi connectivity index (χ0v) is 22.8. The Morgan fingerprint density at radius 2 is 0.861 bits per heavy atom. The summed E-state index contributed by atoms with van der Waals surface area (Å²) in [4.78, 5) is 4.25. The quantitative estimate of drug-likeness (QED) is 0.290. The van der Waals surface area contributed by atoms with Gasteiger partial charge in [0.2, 0.25) is 0 Å². The molecule has 4 aromatic carbocycles. The van der Waals surface area contributed by atoms with Crippen molar-refractivity contribution < 1.29 is 0 Å². The van der Waals surface area contributed by atoms with Crippen molar-refractivity contribution in [3.05, 3.63) is 120 Å². The number of rotatable bonds is 6. The average Bonchev–Trinajstić information content (AvgIpc) is 3.22. The van der Waals surface area contributed by atoms with Crippen LogP contribution in [-0.4, -0.2) is 28.2 Å². The third-order valence-electron chi connectivity index (χ3n) is 6.66. The molecular weight excluding hydrogens is 480 g/mol. The molecular formula is C30H32N4S2. The van der Waals surface area contributed by atoms with Gasteiger partial charge in [-0.15, -0.1) is 0 Å². The van der Waals surface area contributed by atoms with E-state index in [1.54, 1.807) is 0 Å². The molecule has 36 heavy (non-hydrogen) atoms. The van der Waals surface area contributed by atoms with Gasteiger partial charge in [0.25, 0.3) is 0 Å².